The van der Waals surface area contributed by atoms with Crippen LogP contribution in [0.2, 0.25) is 0 Å². The first-order chi connectivity index (χ1) is 10.6. The zero-order valence-electron chi connectivity index (χ0n) is 12.6. The first-order valence-corrected chi connectivity index (χ1v) is 9.14. The van der Waals surface area contributed by atoms with Crippen LogP contribution in [0.3, 0.4) is 0 Å². The monoisotopic (exact) mass is 427 g/mol. The molecule has 22 heavy (non-hydrogen) atoms. The Morgan fingerprint density at radius 2 is 1.95 bits per heavy atom. The van der Waals surface area contributed by atoms with E-state index in [4.69, 9.17) is 4.52 Å². The molecule has 118 valence electrons. The number of hydrogen-bond acceptors (Lipinski definition) is 4. The number of hydrogen-bond donors (Lipinski definition) is 1. The molecule has 1 heterocycles. The second-order valence-electron chi connectivity index (χ2n) is 6.07. The fourth-order valence-electron chi connectivity index (χ4n) is 2.40. The van der Waals surface area contributed by atoms with Gasteiger partial charge in [0.05, 0.1) is 6.04 Å². The molecule has 1 atom stereocenters. The van der Waals surface area contributed by atoms with Gasteiger partial charge in [0, 0.05) is 21.4 Å². The van der Waals surface area contributed by atoms with Gasteiger partial charge in [-0.2, -0.15) is 4.98 Å². The highest BCUT2D eigenvalue weighted by Crippen LogP contribution is 2.38. The van der Waals surface area contributed by atoms with Crippen molar-refractivity contribution in [3.63, 3.8) is 0 Å². The maximum Gasteiger partial charge on any atom is 0.244 e. The van der Waals surface area contributed by atoms with Crippen molar-refractivity contribution in [1.29, 1.82) is 0 Å². The molecule has 0 saturated heterocycles. The van der Waals surface area contributed by atoms with E-state index >= 15 is 0 Å². The molecule has 0 spiro atoms. The molecule has 1 aromatic heterocycles. The van der Waals surface area contributed by atoms with Crippen LogP contribution in [-0.2, 0) is 6.54 Å². The van der Waals surface area contributed by atoms with E-state index in [-0.39, 0.29) is 6.04 Å². The van der Waals surface area contributed by atoms with E-state index < -0.39 is 0 Å². The summed E-state index contributed by atoms with van der Waals surface area (Å²) in [4.78, 5) is 4.59. The van der Waals surface area contributed by atoms with Crippen LogP contribution in [0.15, 0.2) is 31.7 Å². The number of nitrogens with zero attached hydrogens (tertiary/aromatic N) is 2. The highest BCUT2D eigenvalue weighted by molar-refractivity contribution is 9.11. The normalized spacial score (nSPS) is 16.2. The fraction of sp³-hybridized carbons (Fsp3) is 0.500. The predicted octanol–water partition coefficient (Wildman–Crippen LogP) is 4.96. The quantitative estimate of drug-likeness (QED) is 0.706. The molecule has 0 radical (unpaired) electrons. The Balaban J connectivity index is 1.74. The molecular formula is C16H19Br2N3O. The fourth-order valence-corrected chi connectivity index (χ4v) is 3.68. The van der Waals surface area contributed by atoms with Gasteiger partial charge >= 0.3 is 0 Å². The van der Waals surface area contributed by atoms with Crippen LogP contribution in [0.4, 0.5) is 0 Å². The van der Waals surface area contributed by atoms with E-state index in [9.17, 15) is 0 Å². The Bertz CT molecular complexity index is 632. The molecule has 3 rings (SSSR count). The first-order valence-electron chi connectivity index (χ1n) is 7.56. The molecule has 6 heteroatoms. The van der Waals surface area contributed by atoms with Crippen molar-refractivity contribution in [2.75, 3.05) is 0 Å². The van der Waals surface area contributed by atoms with Crippen LogP contribution in [0, 0.1) is 5.92 Å². The molecule has 1 aliphatic rings. The van der Waals surface area contributed by atoms with Crippen molar-refractivity contribution in [3.8, 4) is 0 Å². The number of aromatic nitrogens is 2. The lowest BCUT2D eigenvalue weighted by atomic mass is 10.0. The predicted molar refractivity (Wildman–Crippen MR) is 92.5 cm³/mol. The van der Waals surface area contributed by atoms with Gasteiger partial charge in [-0.05, 0) is 36.5 Å². The summed E-state index contributed by atoms with van der Waals surface area (Å²) in [6, 6.07) is 6.16. The highest BCUT2D eigenvalue weighted by Gasteiger charge is 2.31. The van der Waals surface area contributed by atoms with Crippen molar-refractivity contribution in [1.82, 2.24) is 15.5 Å². The molecule has 1 aliphatic carbocycles. The molecular weight excluding hydrogens is 410 g/mol. The zero-order chi connectivity index (χ0) is 15.7. The van der Waals surface area contributed by atoms with E-state index in [1.807, 2.05) is 18.2 Å². The molecule has 1 N–H and O–H groups in total. The Hall–Kier alpha value is -0.720. The van der Waals surface area contributed by atoms with E-state index in [0.717, 1.165) is 21.3 Å². The average Bonchev–Trinajstić information content (AvgIpc) is 3.21. The van der Waals surface area contributed by atoms with Gasteiger partial charge in [-0.15, -0.1) is 0 Å². The van der Waals surface area contributed by atoms with Crippen molar-refractivity contribution < 1.29 is 4.52 Å². The summed E-state index contributed by atoms with van der Waals surface area (Å²) in [6.07, 6.45) is 2.37. The Kier molecular flexibility index (Phi) is 5.00. The topological polar surface area (TPSA) is 51.0 Å². The summed E-state index contributed by atoms with van der Waals surface area (Å²) in [5.41, 5.74) is 1.19. The van der Waals surface area contributed by atoms with Crippen molar-refractivity contribution in [2.45, 2.75) is 45.2 Å². The minimum atomic E-state index is 0.0546. The van der Waals surface area contributed by atoms with Gasteiger partial charge in [0.15, 0.2) is 5.82 Å². The highest BCUT2D eigenvalue weighted by atomic mass is 79.9. The maximum absolute atomic E-state index is 5.49. The van der Waals surface area contributed by atoms with Crippen LogP contribution in [0.1, 0.15) is 55.9 Å². The summed E-state index contributed by atoms with van der Waals surface area (Å²) in [5, 5.41) is 7.68. The van der Waals surface area contributed by atoms with Crippen molar-refractivity contribution in [3.05, 3.63) is 44.4 Å². The summed E-state index contributed by atoms with van der Waals surface area (Å²) >= 11 is 7.20. The van der Waals surface area contributed by atoms with Crippen molar-refractivity contribution >= 4 is 31.9 Å². The molecule has 2 aromatic rings. The van der Waals surface area contributed by atoms with Gasteiger partial charge in [-0.25, -0.2) is 0 Å². The molecule has 4 nitrogen and oxygen atoms in total. The minimum Gasteiger partial charge on any atom is -0.338 e. The van der Waals surface area contributed by atoms with Gasteiger partial charge in [0.2, 0.25) is 5.89 Å². The van der Waals surface area contributed by atoms with Crippen LogP contribution >= 0.6 is 31.9 Å². The second-order valence-corrected chi connectivity index (χ2v) is 7.78. The van der Waals surface area contributed by atoms with Crippen LogP contribution in [-0.4, -0.2) is 10.1 Å². The van der Waals surface area contributed by atoms with Gasteiger partial charge in [0.1, 0.15) is 0 Å². The summed E-state index contributed by atoms with van der Waals surface area (Å²) in [7, 11) is 0. The van der Waals surface area contributed by atoms with Gasteiger partial charge in [0.25, 0.3) is 0 Å². The van der Waals surface area contributed by atoms with E-state index in [1.54, 1.807) is 0 Å². The molecule has 1 saturated carbocycles. The smallest absolute Gasteiger partial charge is 0.244 e. The lowest BCUT2D eigenvalue weighted by Gasteiger charge is -2.19. The van der Waals surface area contributed by atoms with Gasteiger partial charge < -0.3 is 9.84 Å². The molecule has 1 fully saturated rings. The summed E-state index contributed by atoms with van der Waals surface area (Å²) < 4.78 is 7.66. The lowest BCUT2D eigenvalue weighted by molar-refractivity contribution is 0.286. The Morgan fingerprint density at radius 3 is 2.55 bits per heavy atom. The molecule has 0 aliphatic heterocycles. The van der Waals surface area contributed by atoms with Crippen LogP contribution < -0.4 is 5.32 Å². The number of nitrogens with one attached hydrogen (secondary N) is 1. The Labute approximate surface area is 147 Å². The zero-order valence-corrected chi connectivity index (χ0v) is 15.8. The third kappa shape index (κ3) is 3.60. The Morgan fingerprint density at radius 1 is 1.27 bits per heavy atom. The number of benzene rings is 1. The summed E-state index contributed by atoms with van der Waals surface area (Å²) in [5.74, 6) is 2.45. The lowest BCUT2D eigenvalue weighted by Crippen LogP contribution is -2.26. The van der Waals surface area contributed by atoms with Gasteiger partial charge in [-0.1, -0.05) is 56.9 Å². The molecule has 1 aromatic carbocycles. The summed E-state index contributed by atoms with van der Waals surface area (Å²) in [6.45, 7) is 5.05. The average molecular weight is 429 g/mol. The third-order valence-electron chi connectivity index (χ3n) is 3.89. The van der Waals surface area contributed by atoms with Crippen molar-refractivity contribution in [2.24, 2.45) is 5.92 Å². The molecule has 0 amide bonds. The molecule has 0 bridgehead atoms. The minimum absolute atomic E-state index is 0.0546. The van der Waals surface area contributed by atoms with E-state index in [0.29, 0.717) is 17.7 Å². The van der Waals surface area contributed by atoms with E-state index in [1.165, 1.54) is 18.4 Å². The standard InChI is InChI=1S/C16H19Br2N3O/c1-9(2)14(16-20-15(21-22-16)10-6-7-10)19-8-11-12(17)4-3-5-13(11)18/h3-5,9-10,14,19H,6-8H2,1-2H3. The first kappa shape index (κ1) is 16.1. The van der Waals surface area contributed by atoms with Crippen LogP contribution in [0.25, 0.3) is 0 Å². The number of rotatable bonds is 6. The second kappa shape index (κ2) is 6.81. The third-order valence-corrected chi connectivity index (χ3v) is 5.38. The maximum atomic E-state index is 5.49. The van der Waals surface area contributed by atoms with Crippen LogP contribution in [0.5, 0.6) is 0 Å². The molecule has 1 unspecified atom stereocenters. The SMILES string of the molecule is CC(C)C(NCc1c(Br)cccc1Br)c1nc(C2CC2)no1. The number of halogens is 2. The largest absolute Gasteiger partial charge is 0.338 e. The van der Waals surface area contributed by atoms with Gasteiger partial charge in [-0.3, -0.25) is 0 Å². The van der Waals surface area contributed by atoms with E-state index in [2.05, 4.69) is 61.2 Å².